The Morgan fingerprint density at radius 2 is 2.05 bits per heavy atom. The molecule has 22 heavy (non-hydrogen) atoms. The molecule has 116 valence electrons. The van der Waals surface area contributed by atoms with Crippen molar-refractivity contribution in [2.75, 3.05) is 7.05 Å². The van der Waals surface area contributed by atoms with Crippen molar-refractivity contribution in [3.8, 4) is 0 Å². The van der Waals surface area contributed by atoms with E-state index in [1.807, 2.05) is 30.3 Å². The summed E-state index contributed by atoms with van der Waals surface area (Å²) in [6.45, 7) is 0.376. The summed E-state index contributed by atoms with van der Waals surface area (Å²) in [6, 6.07) is 8.38. The summed E-state index contributed by atoms with van der Waals surface area (Å²) >= 11 is 0. The molecule has 7 nitrogen and oxygen atoms in total. The molecule has 1 heterocycles. The molecule has 1 N–H and O–H groups in total. The number of carboxylic acids is 1. The van der Waals surface area contributed by atoms with Crippen molar-refractivity contribution in [2.24, 2.45) is 0 Å². The SMILES string of the molecule is CN(C(=O)CCn1cncn1)C(Cc1ccccc1)C(=O)O. The first-order valence-electron chi connectivity index (χ1n) is 6.92. The van der Waals surface area contributed by atoms with Gasteiger partial charge in [-0.25, -0.2) is 9.78 Å². The molecule has 2 rings (SSSR count). The minimum Gasteiger partial charge on any atom is -0.480 e. The van der Waals surface area contributed by atoms with E-state index in [2.05, 4.69) is 10.1 Å². The van der Waals surface area contributed by atoms with Gasteiger partial charge in [0.25, 0.3) is 0 Å². The summed E-state index contributed by atoms with van der Waals surface area (Å²) in [5, 5.41) is 13.3. The molecule has 0 spiro atoms. The first-order chi connectivity index (χ1) is 10.6. The lowest BCUT2D eigenvalue weighted by atomic mass is 10.0. The molecule has 1 aromatic carbocycles. The van der Waals surface area contributed by atoms with Crippen LogP contribution in [0.3, 0.4) is 0 Å². The highest BCUT2D eigenvalue weighted by Gasteiger charge is 2.26. The van der Waals surface area contributed by atoms with Crippen LogP contribution in [0.25, 0.3) is 0 Å². The van der Waals surface area contributed by atoms with Gasteiger partial charge in [0.2, 0.25) is 5.91 Å². The van der Waals surface area contributed by atoms with Gasteiger partial charge in [0, 0.05) is 19.9 Å². The molecule has 0 fully saturated rings. The van der Waals surface area contributed by atoms with Gasteiger partial charge in [0.1, 0.15) is 18.7 Å². The number of aromatic nitrogens is 3. The number of amides is 1. The molecule has 0 bridgehead atoms. The summed E-state index contributed by atoms with van der Waals surface area (Å²) < 4.78 is 1.54. The molecule has 7 heteroatoms. The lowest BCUT2D eigenvalue weighted by Crippen LogP contribution is -2.44. The van der Waals surface area contributed by atoms with E-state index in [0.29, 0.717) is 6.54 Å². The van der Waals surface area contributed by atoms with Gasteiger partial charge in [-0.15, -0.1) is 0 Å². The number of benzene rings is 1. The van der Waals surface area contributed by atoms with Crippen molar-refractivity contribution in [3.63, 3.8) is 0 Å². The van der Waals surface area contributed by atoms with Gasteiger partial charge >= 0.3 is 5.97 Å². The van der Waals surface area contributed by atoms with Crippen molar-refractivity contribution in [1.82, 2.24) is 19.7 Å². The lowest BCUT2D eigenvalue weighted by Gasteiger charge is -2.25. The molecule has 2 aromatic rings. The Balaban J connectivity index is 1.97. The maximum Gasteiger partial charge on any atom is 0.326 e. The van der Waals surface area contributed by atoms with E-state index in [9.17, 15) is 14.7 Å². The average Bonchev–Trinajstić information content (AvgIpc) is 3.03. The third-order valence-electron chi connectivity index (χ3n) is 3.44. The van der Waals surface area contributed by atoms with Crippen molar-refractivity contribution in [2.45, 2.75) is 25.4 Å². The van der Waals surface area contributed by atoms with E-state index in [1.165, 1.54) is 24.6 Å². The topological polar surface area (TPSA) is 88.3 Å². The van der Waals surface area contributed by atoms with E-state index in [-0.39, 0.29) is 18.7 Å². The molecule has 0 aliphatic rings. The van der Waals surface area contributed by atoms with Crippen molar-refractivity contribution >= 4 is 11.9 Å². The Morgan fingerprint density at radius 1 is 1.32 bits per heavy atom. The predicted octanol–water partition coefficient (Wildman–Crippen LogP) is 0.822. The quantitative estimate of drug-likeness (QED) is 0.818. The largest absolute Gasteiger partial charge is 0.480 e. The number of rotatable bonds is 7. The second-order valence-electron chi connectivity index (χ2n) is 4.96. The minimum absolute atomic E-state index is 0.179. The predicted molar refractivity (Wildman–Crippen MR) is 79.0 cm³/mol. The Bertz CT molecular complexity index is 613. The Kier molecular flexibility index (Phi) is 5.24. The standard InChI is InChI=1S/C15H18N4O3/c1-18(14(20)7-8-19-11-16-10-17-19)13(15(21)22)9-12-5-3-2-4-6-12/h2-6,10-11,13H,7-9H2,1H3,(H,21,22). The number of likely N-dealkylation sites (N-methyl/N-ethyl adjacent to an activating group) is 1. The van der Waals surface area contributed by atoms with Crippen LogP contribution in [0.1, 0.15) is 12.0 Å². The number of carbonyl (C=O) groups is 2. The Hall–Kier alpha value is -2.70. The van der Waals surface area contributed by atoms with Crippen LogP contribution in [0.15, 0.2) is 43.0 Å². The summed E-state index contributed by atoms with van der Waals surface area (Å²) in [5.74, 6) is -1.25. The molecule has 1 atom stereocenters. The summed E-state index contributed by atoms with van der Waals surface area (Å²) in [6.07, 6.45) is 3.37. The van der Waals surface area contributed by atoms with Crippen molar-refractivity contribution < 1.29 is 14.7 Å². The van der Waals surface area contributed by atoms with Gasteiger partial charge in [-0.3, -0.25) is 9.48 Å². The van der Waals surface area contributed by atoms with Gasteiger partial charge in [0.15, 0.2) is 0 Å². The summed E-state index contributed by atoms with van der Waals surface area (Å²) in [4.78, 5) is 28.7. The summed E-state index contributed by atoms with van der Waals surface area (Å²) in [7, 11) is 1.52. The average molecular weight is 302 g/mol. The fourth-order valence-electron chi connectivity index (χ4n) is 2.14. The first kappa shape index (κ1) is 15.7. The molecule has 1 amide bonds. The number of nitrogens with zero attached hydrogens (tertiary/aromatic N) is 4. The minimum atomic E-state index is -1.01. The highest BCUT2D eigenvalue weighted by molar-refractivity contribution is 5.83. The molecule has 0 saturated heterocycles. The summed E-state index contributed by atoms with van der Waals surface area (Å²) in [5.41, 5.74) is 0.880. The zero-order valence-electron chi connectivity index (χ0n) is 12.3. The van der Waals surface area contributed by atoms with Crippen LogP contribution in [0, 0.1) is 0 Å². The Labute approximate surface area is 128 Å². The van der Waals surface area contributed by atoms with Crippen LogP contribution in [0.4, 0.5) is 0 Å². The van der Waals surface area contributed by atoms with Crippen molar-refractivity contribution in [3.05, 3.63) is 48.5 Å². The molecule has 0 radical (unpaired) electrons. The molecule has 1 unspecified atom stereocenters. The number of carboxylic acid groups (broad SMARTS) is 1. The van der Waals surface area contributed by atoms with Crippen molar-refractivity contribution in [1.29, 1.82) is 0 Å². The number of aryl methyl sites for hydroxylation is 1. The second-order valence-corrected chi connectivity index (χ2v) is 4.96. The number of hydrogen-bond donors (Lipinski definition) is 1. The lowest BCUT2D eigenvalue weighted by molar-refractivity contribution is -0.149. The molecular formula is C15H18N4O3. The molecular weight excluding hydrogens is 284 g/mol. The third-order valence-corrected chi connectivity index (χ3v) is 3.44. The number of hydrogen-bond acceptors (Lipinski definition) is 4. The number of carbonyl (C=O) groups excluding carboxylic acids is 1. The van der Waals surface area contributed by atoms with Crippen LogP contribution in [0.5, 0.6) is 0 Å². The van der Waals surface area contributed by atoms with Crippen LogP contribution in [0.2, 0.25) is 0 Å². The zero-order valence-corrected chi connectivity index (χ0v) is 12.3. The van der Waals surface area contributed by atoms with Crippen LogP contribution in [-0.4, -0.2) is 49.7 Å². The van der Waals surface area contributed by atoms with E-state index in [4.69, 9.17) is 0 Å². The van der Waals surface area contributed by atoms with Gasteiger partial charge < -0.3 is 10.0 Å². The van der Waals surface area contributed by atoms with E-state index < -0.39 is 12.0 Å². The van der Waals surface area contributed by atoms with Gasteiger partial charge in [0.05, 0.1) is 6.54 Å². The molecule has 1 aromatic heterocycles. The van der Waals surface area contributed by atoms with E-state index in [1.54, 1.807) is 4.68 Å². The van der Waals surface area contributed by atoms with Crippen LogP contribution >= 0.6 is 0 Å². The number of aliphatic carboxylic acids is 1. The highest BCUT2D eigenvalue weighted by Crippen LogP contribution is 2.10. The van der Waals surface area contributed by atoms with Crippen LogP contribution < -0.4 is 0 Å². The maximum absolute atomic E-state index is 12.2. The highest BCUT2D eigenvalue weighted by atomic mass is 16.4. The fraction of sp³-hybridized carbons (Fsp3) is 0.333. The van der Waals surface area contributed by atoms with E-state index in [0.717, 1.165) is 5.56 Å². The van der Waals surface area contributed by atoms with Gasteiger partial charge in [-0.05, 0) is 5.56 Å². The smallest absolute Gasteiger partial charge is 0.326 e. The normalized spacial score (nSPS) is 11.9. The second kappa shape index (κ2) is 7.35. The monoisotopic (exact) mass is 302 g/mol. The molecule has 0 aliphatic heterocycles. The van der Waals surface area contributed by atoms with E-state index >= 15 is 0 Å². The fourth-order valence-corrected chi connectivity index (χ4v) is 2.14. The van der Waals surface area contributed by atoms with Gasteiger partial charge in [-0.1, -0.05) is 30.3 Å². The first-order valence-corrected chi connectivity index (χ1v) is 6.92. The van der Waals surface area contributed by atoms with Gasteiger partial charge in [-0.2, -0.15) is 5.10 Å². The Morgan fingerprint density at radius 3 is 2.64 bits per heavy atom. The molecule has 0 aliphatic carbocycles. The molecule has 0 saturated carbocycles. The maximum atomic E-state index is 12.2. The third kappa shape index (κ3) is 4.15. The zero-order chi connectivity index (χ0) is 15.9. The van der Waals surface area contributed by atoms with Crippen LogP contribution in [-0.2, 0) is 22.6 Å².